The molecule has 11 heteroatoms. The first-order chi connectivity index (χ1) is 15.1. The number of carbonyl (C=O) groups excluding carboxylic acids is 1. The van der Waals surface area contributed by atoms with Gasteiger partial charge in [-0.2, -0.15) is 0 Å². The van der Waals surface area contributed by atoms with Crippen LogP contribution in [0.5, 0.6) is 11.5 Å². The fourth-order valence-corrected chi connectivity index (χ4v) is 3.95. The molecule has 10 nitrogen and oxygen atoms in total. The van der Waals surface area contributed by atoms with Crippen LogP contribution in [-0.2, 0) is 14.8 Å². The molecule has 0 saturated heterocycles. The molecule has 0 heterocycles. The topological polar surface area (TPSA) is 128 Å². The summed E-state index contributed by atoms with van der Waals surface area (Å²) in [7, 11) is -2.42. The molecule has 2 aromatic rings. The van der Waals surface area contributed by atoms with Crippen molar-refractivity contribution in [2.24, 2.45) is 0 Å². The number of methoxy groups -OCH3 is 1. The van der Waals surface area contributed by atoms with Crippen LogP contribution in [0.15, 0.2) is 42.5 Å². The number of rotatable bonds is 12. The van der Waals surface area contributed by atoms with Crippen molar-refractivity contribution in [2.75, 3.05) is 37.4 Å². The molecule has 2 aromatic carbocycles. The first-order valence-corrected chi connectivity index (χ1v) is 11.7. The highest BCUT2D eigenvalue weighted by molar-refractivity contribution is 7.92. The molecule has 0 radical (unpaired) electrons. The van der Waals surface area contributed by atoms with Gasteiger partial charge < -0.3 is 14.8 Å². The number of non-ortho nitro benzene ring substituents is 1. The van der Waals surface area contributed by atoms with Crippen molar-refractivity contribution in [3.63, 3.8) is 0 Å². The van der Waals surface area contributed by atoms with E-state index >= 15 is 0 Å². The van der Waals surface area contributed by atoms with Crippen molar-refractivity contribution in [1.29, 1.82) is 0 Å². The second kappa shape index (κ2) is 11.3. The van der Waals surface area contributed by atoms with Crippen LogP contribution in [0.4, 0.5) is 11.4 Å². The largest absolute Gasteiger partial charge is 0.495 e. The Hall–Kier alpha value is -3.34. The summed E-state index contributed by atoms with van der Waals surface area (Å²) >= 11 is 0. The van der Waals surface area contributed by atoms with Gasteiger partial charge in [-0.15, -0.1) is 0 Å². The van der Waals surface area contributed by atoms with Gasteiger partial charge in [0.05, 0.1) is 24.8 Å². The maximum Gasteiger partial charge on any atom is 0.271 e. The average Bonchev–Trinajstić information content (AvgIpc) is 2.73. The molecule has 0 unspecified atom stereocenters. The lowest BCUT2D eigenvalue weighted by atomic mass is 10.2. The highest BCUT2D eigenvalue weighted by Gasteiger charge is 2.23. The maximum atomic E-state index is 12.3. The molecule has 0 bridgehead atoms. The van der Waals surface area contributed by atoms with Gasteiger partial charge in [-0.25, -0.2) is 8.42 Å². The van der Waals surface area contributed by atoms with Gasteiger partial charge in [0.1, 0.15) is 23.8 Å². The lowest BCUT2D eigenvalue weighted by molar-refractivity contribution is -0.384. The smallest absolute Gasteiger partial charge is 0.271 e. The average molecular weight is 466 g/mol. The van der Waals surface area contributed by atoms with Crippen molar-refractivity contribution in [3.8, 4) is 11.5 Å². The number of amides is 1. The number of nitro groups is 1. The van der Waals surface area contributed by atoms with Gasteiger partial charge in [0, 0.05) is 25.1 Å². The zero-order valence-corrected chi connectivity index (χ0v) is 19.1. The quantitative estimate of drug-likeness (QED) is 0.290. The molecule has 0 aliphatic rings. The van der Waals surface area contributed by atoms with Crippen molar-refractivity contribution in [3.05, 3.63) is 58.1 Å². The fourth-order valence-electron chi connectivity index (χ4n) is 2.99. The third kappa shape index (κ3) is 7.41. The number of carbonyl (C=O) groups is 1. The monoisotopic (exact) mass is 465 g/mol. The van der Waals surface area contributed by atoms with Crippen LogP contribution in [-0.4, -0.2) is 52.3 Å². The normalized spacial score (nSPS) is 11.0. The van der Waals surface area contributed by atoms with Crippen molar-refractivity contribution < 1.29 is 27.6 Å². The van der Waals surface area contributed by atoms with E-state index in [2.05, 4.69) is 5.32 Å². The molecule has 0 aromatic heterocycles. The van der Waals surface area contributed by atoms with Gasteiger partial charge >= 0.3 is 0 Å². The van der Waals surface area contributed by atoms with Crippen molar-refractivity contribution >= 4 is 27.3 Å². The van der Waals surface area contributed by atoms with Gasteiger partial charge in [-0.3, -0.25) is 19.2 Å². The minimum atomic E-state index is -3.77. The highest BCUT2D eigenvalue weighted by Crippen LogP contribution is 2.33. The Morgan fingerprint density at radius 2 is 1.97 bits per heavy atom. The molecule has 0 spiro atoms. The molecule has 2 rings (SSSR count). The van der Waals surface area contributed by atoms with Gasteiger partial charge in [0.15, 0.2) is 0 Å². The summed E-state index contributed by atoms with van der Waals surface area (Å²) in [4.78, 5) is 22.6. The van der Waals surface area contributed by atoms with Crippen LogP contribution in [0.1, 0.15) is 18.4 Å². The Bertz CT molecular complexity index is 1060. The number of benzene rings is 2. The minimum Gasteiger partial charge on any atom is -0.495 e. The molecule has 0 atom stereocenters. The van der Waals surface area contributed by atoms with Crippen LogP contribution in [0.25, 0.3) is 0 Å². The number of anilines is 1. The Kier molecular flexibility index (Phi) is 8.82. The van der Waals surface area contributed by atoms with E-state index in [0.29, 0.717) is 18.9 Å². The lowest BCUT2D eigenvalue weighted by Crippen LogP contribution is -2.33. The first-order valence-electron chi connectivity index (χ1n) is 9.88. The molecule has 0 saturated carbocycles. The summed E-state index contributed by atoms with van der Waals surface area (Å²) in [5.74, 6) is 0.644. The van der Waals surface area contributed by atoms with E-state index in [1.54, 1.807) is 0 Å². The summed E-state index contributed by atoms with van der Waals surface area (Å²) in [5, 5.41) is 13.8. The second-order valence-electron chi connectivity index (χ2n) is 7.07. The standard InChI is InChI=1S/C21H27N3O7S/c1-16-6-4-7-18(14-16)31-13-11-22-21(25)8-5-12-23(32(3,28)29)19-15-17(24(26)27)9-10-20(19)30-2/h4,6-7,9-10,14-15H,5,8,11-13H2,1-3H3,(H,22,25). The second-order valence-corrected chi connectivity index (χ2v) is 8.97. The summed E-state index contributed by atoms with van der Waals surface area (Å²) in [6.45, 7) is 2.53. The van der Waals surface area contributed by atoms with Crippen molar-refractivity contribution in [1.82, 2.24) is 5.32 Å². The number of aryl methyl sites for hydroxylation is 1. The van der Waals surface area contributed by atoms with E-state index < -0.39 is 14.9 Å². The Morgan fingerprint density at radius 1 is 1.22 bits per heavy atom. The molecule has 0 aliphatic heterocycles. The number of nitrogens with one attached hydrogen (secondary N) is 1. The SMILES string of the molecule is COc1ccc([N+](=O)[O-])cc1N(CCCC(=O)NCCOc1cccc(C)c1)S(C)(=O)=O. The van der Waals surface area contributed by atoms with Gasteiger partial charge in [0.2, 0.25) is 15.9 Å². The molecule has 0 aliphatic carbocycles. The predicted molar refractivity (Wildman–Crippen MR) is 121 cm³/mol. The lowest BCUT2D eigenvalue weighted by Gasteiger charge is -2.24. The van der Waals surface area contributed by atoms with Crippen LogP contribution in [0.2, 0.25) is 0 Å². The molecule has 1 amide bonds. The summed E-state index contributed by atoms with van der Waals surface area (Å²) in [5.41, 5.74) is 0.860. The van der Waals surface area contributed by atoms with E-state index in [4.69, 9.17) is 9.47 Å². The summed E-state index contributed by atoms with van der Waals surface area (Å²) < 4.78 is 36.4. The van der Waals surface area contributed by atoms with Crippen LogP contribution in [0.3, 0.4) is 0 Å². The number of hydrogen-bond donors (Lipinski definition) is 1. The van der Waals surface area contributed by atoms with Crippen LogP contribution >= 0.6 is 0 Å². The number of sulfonamides is 1. The Morgan fingerprint density at radius 3 is 2.59 bits per heavy atom. The van der Waals surface area contributed by atoms with Gasteiger partial charge in [0.25, 0.3) is 5.69 Å². The molecule has 174 valence electrons. The molecular weight excluding hydrogens is 438 g/mol. The molecule has 1 N–H and O–H groups in total. The number of hydrogen-bond acceptors (Lipinski definition) is 7. The Labute approximate surface area is 187 Å². The van der Waals surface area contributed by atoms with E-state index in [0.717, 1.165) is 22.2 Å². The highest BCUT2D eigenvalue weighted by atomic mass is 32.2. The first kappa shape index (κ1) is 24.9. The van der Waals surface area contributed by atoms with Crippen LogP contribution < -0.4 is 19.1 Å². The maximum absolute atomic E-state index is 12.3. The predicted octanol–water partition coefficient (Wildman–Crippen LogP) is 2.65. The molecule has 32 heavy (non-hydrogen) atoms. The summed E-state index contributed by atoms with van der Waals surface area (Å²) in [6, 6.07) is 11.3. The van der Waals surface area contributed by atoms with Gasteiger partial charge in [-0.05, 0) is 37.1 Å². The Balaban J connectivity index is 1.91. The van der Waals surface area contributed by atoms with Crippen molar-refractivity contribution in [2.45, 2.75) is 19.8 Å². The summed E-state index contributed by atoms with van der Waals surface area (Å²) in [6.07, 6.45) is 1.28. The number of ether oxygens (including phenoxy) is 2. The molecule has 0 fully saturated rings. The number of nitrogens with zero attached hydrogens (tertiary/aromatic N) is 2. The van der Waals surface area contributed by atoms with E-state index in [-0.39, 0.29) is 42.4 Å². The van der Waals surface area contributed by atoms with Gasteiger partial charge in [-0.1, -0.05) is 12.1 Å². The third-order valence-corrected chi connectivity index (χ3v) is 5.67. The van der Waals surface area contributed by atoms with E-state index in [1.165, 1.54) is 19.2 Å². The zero-order chi connectivity index (χ0) is 23.7. The number of nitro benzene ring substituents is 1. The van der Waals surface area contributed by atoms with E-state index in [1.807, 2.05) is 31.2 Å². The zero-order valence-electron chi connectivity index (χ0n) is 18.2. The van der Waals surface area contributed by atoms with Crippen LogP contribution in [0, 0.1) is 17.0 Å². The molecular formula is C21H27N3O7S. The van der Waals surface area contributed by atoms with E-state index in [9.17, 15) is 23.3 Å². The minimum absolute atomic E-state index is 0.0381. The third-order valence-electron chi connectivity index (χ3n) is 4.49. The fraction of sp³-hybridized carbons (Fsp3) is 0.381.